The molecule has 1 aliphatic rings. The van der Waals surface area contributed by atoms with Gasteiger partial charge in [-0.1, -0.05) is 23.4 Å². The van der Waals surface area contributed by atoms with Crippen molar-refractivity contribution in [2.75, 3.05) is 18.0 Å². The summed E-state index contributed by atoms with van der Waals surface area (Å²) in [4.78, 5) is 10.3. The summed E-state index contributed by atoms with van der Waals surface area (Å²) in [7, 11) is 0. The normalized spacial score (nSPS) is 16.2. The number of benzene rings is 1. The van der Waals surface area contributed by atoms with E-state index in [-0.39, 0.29) is 30.0 Å². The highest BCUT2D eigenvalue weighted by Crippen LogP contribution is 2.27. The standard InChI is InChI=1S/C21H19F2N7O/c22-15-4-2-1-3-13(15)11-30-19(17-6-8-31-28-17)9-18(27-30)20-25-10-16(23)21(26-20)29-7-5-14(24)12-29/h1-4,6,8-10,14H,5,7,11-12,24H2. The lowest BCUT2D eigenvalue weighted by Gasteiger charge is -2.17. The molecule has 1 fully saturated rings. The van der Waals surface area contributed by atoms with Crippen LogP contribution in [0.15, 0.2) is 53.4 Å². The Morgan fingerprint density at radius 2 is 2.00 bits per heavy atom. The molecule has 4 aromatic rings. The first kappa shape index (κ1) is 19.3. The van der Waals surface area contributed by atoms with Crippen molar-refractivity contribution < 1.29 is 13.3 Å². The van der Waals surface area contributed by atoms with Crippen LogP contribution in [-0.2, 0) is 6.54 Å². The second-order valence-electron chi connectivity index (χ2n) is 7.41. The van der Waals surface area contributed by atoms with E-state index in [2.05, 4.69) is 20.2 Å². The van der Waals surface area contributed by atoms with E-state index in [0.29, 0.717) is 35.7 Å². The maximum atomic E-state index is 14.4. The summed E-state index contributed by atoms with van der Waals surface area (Å²) in [6, 6.07) is 9.86. The van der Waals surface area contributed by atoms with Crippen LogP contribution in [0.4, 0.5) is 14.6 Å². The average Bonchev–Trinajstić information content (AvgIpc) is 3.51. The highest BCUT2D eigenvalue weighted by molar-refractivity contribution is 5.63. The Morgan fingerprint density at radius 1 is 1.13 bits per heavy atom. The zero-order valence-corrected chi connectivity index (χ0v) is 16.4. The molecule has 0 aliphatic carbocycles. The van der Waals surface area contributed by atoms with Crippen LogP contribution in [0.25, 0.3) is 22.9 Å². The summed E-state index contributed by atoms with van der Waals surface area (Å²) in [5.74, 6) is -0.393. The molecule has 1 unspecified atom stereocenters. The zero-order chi connectivity index (χ0) is 21.4. The molecule has 0 bridgehead atoms. The number of rotatable bonds is 5. The van der Waals surface area contributed by atoms with Crippen LogP contribution in [0, 0.1) is 11.6 Å². The number of anilines is 1. The van der Waals surface area contributed by atoms with Gasteiger partial charge >= 0.3 is 0 Å². The molecule has 1 saturated heterocycles. The summed E-state index contributed by atoms with van der Waals surface area (Å²) < 4.78 is 35.2. The van der Waals surface area contributed by atoms with Crippen LogP contribution in [0.1, 0.15) is 12.0 Å². The number of nitrogens with two attached hydrogens (primary N) is 1. The average molecular weight is 423 g/mol. The SMILES string of the molecule is NC1CCN(c2nc(-c3cc(-c4ccon4)n(Cc4ccccc4F)n3)ncc2F)C1. The van der Waals surface area contributed by atoms with Gasteiger partial charge < -0.3 is 15.2 Å². The minimum Gasteiger partial charge on any atom is -0.364 e. The van der Waals surface area contributed by atoms with Crippen molar-refractivity contribution in [2.24, 2.45) is 5.73 Å². The molecular weight excluding hydrogens is 404 g/mol. The number of aromatic nitrogens is 5. The Labute approximate surface area is 176 Å². The molecule has 2 N–H and O–H groups in total. The molecular formula is C21H19F2N7O. The van der Waals surface area contributed by atoms with Crippen LogP contribution in [0.5, 0.6) is 0 Å². The smallest absolute Gasteiger partial charge is 0.183 e. The quantitative estimate of drug-likeness (QED) is 0.527. The predicted molar refractivity (Wildman–Crippen MR) is 109 cm³/mol. The Balaban J connectivity index is 1.55. The van der Waals surface area contributed by atoms with Gasteiger partial charge in [0.05, 0.1) is 18.4 Å². The second-order valence-corrected chi connectivity index (χ2v) is 7.41. The van der Waals surface area contributed by atoms with E-state index in [0.717, 1.165) is 12.6 Å². The molecule has 1 aliphatic heterocycles. The zero-order valence-electron chi connectivity index (χ0n) is 16.4. The van der Waals surface area contributed by atoms with Crippen molar-refractivity contribution in [2.45, 2.75) is 19.0 Å². The van der Waals surface area contributed by atoms with Crippen LogP contribution in [0.3, 0.4) is 0 Å². The molecule has 0 spiro atoms. The van der Waals surface area contributed by atoms with Gasteiger partial charge in [-0.2, -0.15) is 5.10 Å². The maximum Gasteiger partial charge on any atom is 0.183 e. The first-order valence-corrected chi connectivity index (χ1v) is 9.84. The minimum atomic E-state index is -0.514. The van der Waals surface area contributed by atoms with E-state index in [9.17, 15) is 8.78 Å². The van der Waals surface area contributed by atoms with E-state index in [1.807, 2.05) is 0 Å². The molecule has 8 nitrogen and oxygen atoms in total. The molecule has 0 radical (unpaired) electrons. The fraction of sp³-hybridized carbons (Fsp3) is 0.238. The highest BCUT2D eigenvalue weighted by Gasteiger charge is 2.25. The fourth-order valence-corrected chi connectivity index (χ4v) is 3.67. The third kappa shape index (κ3) is 3.77. The number of hydrogen-bond acceptors (Lipinski definition) is 7. The van der Waals surface area contributed by atoms with Crippen molar-refractivity contribution in [1.82, 2.24) is 24.9 Å². The monoisotopic (exact) mass is 423 g/mol. The van der Waals surface area contributed by atoms with E-state index in [1.165, 1.54) is 12.3 Å². The van der Waals surface area contributed by atoms with Crippen molar-refractivity contribution in [1.29, 1.82) is 0 Å². The van der Waals surface area contributed by atoms with Gasteiger partial charge in [-0.3, -0.25) is 4.68 Å². The third-order valence-corrected chi connectivity index (χ3v) is 5.24. The summed E-state index contributed by atoms with van der Waals surface area (Å²) in [5.41, 5.74) is 7.97. The summed E-state index contributed by atoms with van der Waals surface area (Å²) in [6.45, 7) is 1.32. The first-order valence-electron chi connectivity index (χ1n) is 9.84. The molecule has 1 aromatic carbocycles. The predicted octanol–water partition coefficient (Wildman–Crippen LogP) is 2.86. The van der Waals surface area contributed by atoms with Crippen molar-refractivity contribution >= 4 is 5.82 Å². The minimum absolute atomic E-state index is 0.0171. The summed E-state index contributed by atoms with van der Waals surface area (Å²) in [5, 5.41) is 8.53. The van der Waals surface area contributed by atoms with E-state index in [1.54, 1.807) is 39.9 Å². The molecule has 0 saturated carbocycles. The number of nitrogens with zero attached hydrogens (tertiary/aromatic N) is 6. The molecule has 3 aromatic heterocycles. The van der Waals surface area contributed by atoms with Crippen LogP contribution in [-0.4, -0.2) is 44.0 Å². The second kappa shape index (κ2) is 7.88. The van der Waals surface area contributed by atoms with Gasteiger partial charge in [0.25, 0.3) is 0 Å². The van der Waals surface area contributed by atoms with Gasteiger partial charge in [-0.25, -0.2) is 18.7 Å². The van der Waals surface area contributed by atoms with Gasteiger partial charge in [0.2, 0.25) is 0 Å². The largest absolute Gasteiger partial charge is 0.364 e. The van der Waals surface area contributed by atoms with Crippen molar-refractivity contribution in [3.05, 3.63) is 66.1 Å². The van der Waals surface area contributed by atoms with Gasteiger partial charge in [-0.15, -0.1) is 0 Å². The lowest BCUT2D eigenvalue weighted by Crippen LogP contribution is -2.27. The van der Waals surface area contributed by atoms with E-state index >= 15 is 0 Å². The van der Waals surface area contributed by atoms with Crippen LogP contribution < -0.4 is 10.6 Å². The summed E-state index contributed by atoms with van der Waals surface area (Å²) >= 11 is 0. The molecule has 4 heterocycles. The fourth-order valence-electron chi connectivity index (χ4n) is 3.67. The Hall–Kier alpha value is -3.66. The van der Waals surface area contributed by atoms with Crippen molar-refractivity contribution in [3.8, 4) is 22.9 Å². The molecule has 31 heavy (non-hydrogen) atoms. The lowest BCUT2D eigenvalue weighted by molar-refractivity contribution is 0.421. The topological polar surface area (TPSA) is 98.9 Å². The Bertz CT molecular complexity index is 1210. The van der Waals surface area contributed by atoms with Crippen LogP contribution >= 0.6 is 0 Å². The maximum absolute atomic E-state index is 14.4. The van der Waals surface area contributed by atoms with Gasteiger partial charge in [0.15, 0.2) is 17.5 Å². The third-order valence-electron chi connectivity index (χ3n) is 5.24. The number of halogens is 2. The Morgan fingerprint density at radius 3 is 2.74 bits per heavy atom. The first-order chi connectivity index (χ1) is 15.1. The molecule has 1 atom stereocenters. The molecule has 10 heteroatoms. The van der Waals surface area contributed by atoms with Gasteiger partial charge in [-0.05, 0) is 18.6 Å². The van der Waals surface area contributed by atoms with Gasteiger partial charge in [0.1, 0.15) is 23.5 Å². The summed E-state index contributed by atoms with van der Waals surface area (Å²) in [6.07, 6.45) is 3.35. The molecule has 5 rings (SSSR count). The Kier molecular flexibility index (Phi) is 4.91. The van der Waals surface area contributed by atoms with Crippen LogP contribution in [0.2, 0.25) is 0 Å². The van der Waals surface area contributed by atoms with Gasteiger partial charge in [0, 0.05) is 30.8 Å². The van der Waals surface area contributed by atoms with E-state index < -0.39 is 5.82 Å². The molecule has 0 amide bonds. The van der Waals surface area contributed by atoms with E-state index in [4.69, 9.17) is 10.3 Å². The van der Waals surface area contributed by atoms with Crippen molar-refractivity contribution in [3.63, 3.8) is 0 Å². The lowest BCUT2D eigenvalue weighted by atomic mass is 10.2. The number of hydrogen-bond donors (Lipinski definition) is 1. The molecule has 158 valence electrons. The highest BCUT2D eigenvalue weighted by atomic mass is 19.1.